The van der Waals surface area contributed by atoms with Gasteiger partial charge in [0.15, 0.2) is 0 Å². The molecule has 13 heavy (non-hydrogen) atoms. The van der Waals surface area contributed by atoms with Crippen molar-refractivity contribution in [2.75, 3.05) is 5.75 Å². The second-order valence-electron chi connectivity index (χ2n) is 2.94. The van der Waals surface area contributed by atoms with Gasteiger partial charge in [-0.25, -0.2) is 0 Å². The number of hydrogen-bond acceptors (Lipinski definition) is 1. The molecule has 70 valence electrons. The fraction of sp³-hybridized carbons (Fsp3) is 0.273. The van der Waals surface area contributed by atoms with E-state index >= 15 is 0 Å². The van der Waals surface area contributed by atoms with Crippen LogP contribution in [0.15, 0.2) is 47.4 Å². The largest absolute Gasteiger partial charge is 0.124 e. The molecule has 1 atom stereocenters. The number of halogens is 1. The minimum atomic E-state index is 0.0743. The van der Waals surface area contributed by atoms with Crippen LogP contribution in [0.2, 0.25) is 0 Å². The smallest absolute Gasteiger partial charge is 0.0633 e. The van der Waals surface area contributed by atoms with Crippen LogP contribution in [-0.2, 0) is 0 Å². The van der Waals surface area contributed by atoms with Gasteiger partial charge < -0.3 is 0 Å². The first kappa shape index (κ1) is 10.7. The molecule has 0 amide bonds. The molecule has 1 aromatic carbocycles. The first-order chi connectivity index (χ1) is 6.20. The van der Waals surface area contributed by atoms with Gasteiger partial charge in [0.2, 0.25) is 0 Å². The molecule has 1 unspecified atom stereocenters. The zero-order chi connectivity index (χ0) is 9.68. The topological polar surface area (TPSA) is 0 Å². The summed E-state index contributed by atoms with van der Waals surface area (Å²) in [4.78, 5) is 1.26. The van der Waals surface area contributed by atoms with Crippen LogP contribution in [0.5, 0.6) is 0 Å². The number of hydrogen-bond donors (Lipinski definition) is 0. The summed E-state index contributed by atoms with van der Waals surface area (Å²) in [6, 6.07) is 10.3. The minimum absolute atomic E-state index is 0.0743. The van der Waals surface area contributed by atoms with Crippen LogP contribution in [0.4, 0.5) is 0 Å². The molecule has 0 N–H and O–H groups in total. The minimum Gasteiger partial charge on any atom is -0.124 e. The molecule has 2 heteroatoms. The lowest BCUT2D eigenvalue weighted by Gasteiger charge is -2.07. The SMILES string of the molecule is C=C(C)C(Cl)CSc1ccccc1. The van der Waals surface area contributed by atoms with Gasteiger partial charge in [-0.15, -0.1) is 23.4 Å². The molecular formula is C11H13ClS. The summed E-state index contributed by atoms with van der Waals surface area (Å²) in [5.41, 5.74) is 1.03. The maximum absolute atomic E-state index is 6.05. The molecule has 0 aliphatic carbocycles. The van der Waals surface area contributed by atoms with Crippen molar-refractivity contribution in [3.8, 4) is 0 Å². The Kier molecular flexibility index (Phi) is 4.40. The van der Waals surface area contributed by atoms with Crippen molar-refractivity contribution in [3.63, 3.8) is 0 Å². The Morgan fingerprint density at radius 1 is 1.46 bits per heavy atom. The van der Waals surface area contributed by atoms with Crippen molar-refractivity contribution in [1.82, 2.24) is 0 Å². The summed E-state index contributed by atoms with van der Waals surface area (Å²) >= 11 is 7.81. The highest BCUT2D eigenvalue weighted by molar-refractivity contribution is 7.99. The van der Waals surface area contributed by atoms with Gasteiger partial charge >= 0.3 is 0 Å². The van der Waals surface area contributed by atoms with Gasteiger partial charge in [-0.2, -0.15) is 0 Å². The first-order valence-electron chi connectivity index (χ1n) is 4.17. The Morgan fingerprint density at radius 2 is 2.08 bits per heavy atom. The van der Waals surface area contributed by atoms with E-state index in [1.54, 1.807) is 11.8 Å². The third-order valence-electron chi connectivity index (χ3n) is 1.67. The molecule has 1 aromatic rings. The van der Waals surface area contributed by atoms with Crippen LogP contribution in [0.3, 0.4) is 0 Å². The molecule has 0 aliphatic heterocycles. The van der Waals surface area contributed by atoms with E-state index < -0.39 is 0 Å². The third-order valence-corrected chi connectivity index (χ3v) is 3.49. The van der Waals surface area contributed by atoms with Gasteiger partial charge in [0, 0.05) is 10.6 Å². The van der Waals surface area contributed by atoms with E-state index in [9.17, 15) is 0 Å². The van der Waals surface area contributed by atoms with Crippen LogP contribution in [0.25, 0.3) is 0 Å². The van der Waals surface area contributed by atoms with Crippen molar-refractivity contribution in [3.05, 3.63) is 42.5 Å². The van der Waals surface area contributed by atoms with Crippen LogP contribution >= 0.6 is 23.4 Å². The van der Waals surface area contributed by atoms with Crippen LogP contribution < -0.4 is 0 Å². The quantitative estimate of drug-likeness (QED) is 0.414. The van der Waals surface area contributed by atoms with Crippen LogP contribution in [0, 0.1) is 0 Å². The molecule has 0 aliphatic rings. The fourth-order valence-corrected chi connectivity index (χ4v) is 1.99. The maximum Gasteiger partial charge on any atom is 0.0633 e. The predicted molar refractivity (Wildman–Crippen MR) is 61.6 cm³/mol. The molecular weight excluding hydrogens is 200 g/mol. The number of rotatable bonds is 4. The molecule has 1 rings (SSSR count). The number of alkyl halides is 1. The number of allylic oxidation sites excluding steroid dienone is 1. The Balaban J connectivity index is 2.39. The molecule has 0 spiro atoms. The zero-order valence-electron chi connectivity index (χ0n) is 7.66. The first-order valence-corrected chi connectivity index (χ1v) is 5.59. The Bertz CT molecular complexity index is 269. The van der Waals surface area contributed by atoms with Crippen molar-refractivity contribution >= 4 is 23.4 Å². The molecule has 0 heterocycles. The summed E-state index contributed by atoms with van der Waals surface area (Å²) in [5.74, 6) is 0.890. The standard InChI is InChI=1S/C11H13ClS/c1-9(2)11(12)8-13-10-6-4-3-5-7-10/h3-7,11H,1,8H2,2H3. The normalized spacial score (nSPS) is 12.5. The second-order valence-corrected chi connectivity index (χ2v) is 4.56. The van der Waals surface area contributed by atoms with Crippen LogP contribution in [-0.4, -0.2) is 11.1 Å². The molecule has 0 nitrogen and oxygen atoms in total. The van der Waals surface area contributed by atoms with E-state index in [1.807, 2.05) is 25.1 Å². The lowest BCUT2D eigenvalue weighted by Crippen LogP contribution is -2.02. The Morgan fingerprint density at radius 3 is 2.62 bits per heavy atom. The summed E-state index contributed by atoms with van der Waals surface area (Å²) in [6.45, 7) is 5.78. The maximum atomic E-state index is 6.05. The lowest BCUT2D eigenvalue weighted by molar-refractivity contribution is 1.13. The third kappa shape index (κ3) is 3.88. The predicted octanol–water partition coefficient (Wildman–Crippen LogP) is 3.96. The van der Waals surface area contributed by atoms with E-state index in [-0.39, 0.29) is 5.38 Å². The highest BCUT2D eigenvalue weighted by Crippen LogP contribution is 2.22. The highest BCUT2D eigenvalue weighted by Gasteiger charge is 2.04. The second kappa shape index (κ2) is 5.36. The Labute approximate surface area is 89.0 Å². The van der Waals surface area contributed by atoms with Crippen molar-refractivity contribution in [1.29, 1.82) is 0 Å². The Hall–Kier alpha value is -0.400. The van der Waals surface area contributed by atoms with Crippen LogP contribution in [0.1, 0.15) is 6.92 Å². The lowest BCUT2D eigenvalue weighted by atomic mass is 10.3. The monoisotopic (exact) mass is 212 g/mol. The summed E-state index contributed by atoms with van der Waals surface area (Å²) in [7, 11) is 0. The van der Waals surface area contributed by atoms with Gasteiger partial charge in [-0.3, -0.25) is 0 Å². The van der Waals surface area contributed by atoms with E-state index in [4.69, 9.17) is 11.6 Å². The molecule has 0 aromatic heterocycles. The summed E-state index contributed by atoms with van der Waals surface area (Å²) in [6.07, 6.45) is 0. The fourth-order valence-electron chi connectivity index (χ4n) is 0.828. The van der Waals surface area contributed by atoms with Gasteiger partial charge in [0.05, 0.1) is 5.38 Å². The van der Waals surface area contributed by atoms with Gasteiger partial charge in [0.1, 0.15) is 0 Å². The van der Waals surface area contributed by atoms with Gasteiger partial charge in [-0.05, 0) is 19.1 Å². The van der Waals surface area contributed by atoms with Gasteiger partial charge in [0.25, 0.3) is 0 Å². The summed E-state index contributed by atoms with van der Waals surface area (Å²) < 4.78 is 0. The molecule has 0 fully saturated rings. The molecule has 0 saturated heterocycles. The molecule has 0 bridgehead atoms. The van der Waals surface area contributed by atoms with Crippen molar-refractivity contribution in [2.24, 2.45) is 0 Å². The molecule has 0 radical (unpaired) electrons. The number of thioether (sulfide) groups is 1. The van der Waals surface area contributed by atoms with Gasteiger partial charge in [-0.1, -0.05) is 30.4 Å². The highest BCUT2D eigenvalue weighted by atomic mass is 35.5. The van der Waals surface area contributed by atoms with E-state index in [0.717, 1.165) is 11.3 Å². The average molecular weight is 213 g/mol. The van der Waals surface area contributed by atoms with E-state index in [0.29, 0.717) is 0 Å². The van der Waals surface area contributed by atoms with E-state index in [2.05, 4.69) is 18.7 Å². The van der Waals surface area contributed by atoms with E-state index in [1.165, 1.54) is 4.90 Å². The number of benzene rings is 1. The van der Waals surface area contributed by atoms with Crippen molar-refractivity contribution in [2.45, 2.75) is 17.2 Å². The molecule has 0 saturated carbocycles. The zero-order valence-corrected chi connectivity index (χ0v) is 9.24. The average Bonchev–Trinajstić information content (AvgIpc) is 2.15. The van der Waals surface area contributed by atoms with Crippen molar-refractivity contribution < 1.29 is 0 Å². The summed E-state index contributed by atoms with van der Waals surface area (Å²) in [5, 5.41) is 0.0743.